The molecule has 1 unspecified atom stereocenters. The minimum absolute atomic E-state index is 0.188. The van der Waals surface area contributed by atoms with Gasteiger partial charge in [0.25, 0.3) is 0 Å². The first-order valence-corrected chi connectivity index (χ1v) is 7.05. The second kappa shape index (κ2) is 6.68. The van der Waals surface area contributed by atoms with E-state index >= 15 is 0 Å². The highest BCUT2D eigenvalue weighted by Crippen LogP contribution is 2.27. The molecule has 0 heterocycles. The van der Waals surface area contributed by atoms with Crippen LogP contribution in [0.5, 0.6) is 0 Å². The van der Waals surface area contributed by atoms with Gasteiger partial charge in [0.2, 0.25) is 0 Å². The molecular formula is C17H20F2N2. The normalized spacial score (nSPS) is 12.2. The number of aryl methyl sites for hydroxylation is 1. The van der Waals surface area contributed by atoms with Crippen LogP contribution in [0.1, 0.15) is 24.1 Å². The summed E-state index contributed by atoms with van der Waals surface area (Å²) in [5.74, 6) is -1.68. The average molecular weight is 290 g/mol. The molecule has 0 spiro atoms. The van der Waals surface area contributed by atoms with Gasteiger partial charge in [0, 0.05) is 18.8 Å². The number of hydrogen-bond acceptors (Lipinski definition) is 2. The standard InChI is InChI=1S/C17H20F2N2/c1-3-21(14-6-4-5-12(2)9-14)17(11-20)13-7-8-15(18)16(19)10-13/h4-10,17H,3,11,20H2,1-2H3. The summed E-state index contributed by atoms with van der Waals surface area (Å²) in [5.41, 5.74) is 8.74. The van der Waals surface area contributed by atoms with Gasteiger partial charge in [0.1, 0.15) is 0 Å². The Balaban J connectivity index is 2.39. The molecule has 2 aromatic rings. The minimum Gasteiger partial charge on any atom is -0.363 e. The third kappa shape index (κ3) is 3.39. The molecule has 0 amide bonds. The van der Waals surface area contributed by atoms with Gasteiger partial charge in [0.05, 0.1) is 6.04 Å². The highest BCUT2D eigenvalue weighted by molar-refractivity contribution is 5.51. The van der Waals surface area contributed by atoms with Gasteiger partial charge in [-0.3, -0.25) is 0 Å². The lowest BCUT2D eigenvalue weighted by Gasteiger charge is -2.32. The summed E-state index contributed by atoms with van der Waals surface area (Å²) < 4.78 is 26.6. The first-order valence-electron chi connectivity index (χ1n) is 7.05. The van der Waals surface area contributed by atoms with Gasteiger partial charge in [-0.2, -0.15) is 0 Å². The lowest BCUT2D eigenvalue weighted by molar-refractivity contribution is 0.504. The van der Waals surface area contributed by atoms with Crippen molar-refractivity contribution in [2.24, 2.45) is 5.73 Å². The first-order chi connectivity index (χ1) is 10.1. The molecule has 112 valence electrons. The maximum atomic E-state index is 13.5. The van der Waals surface area contributed by atoms with Gasteiger partial charge in [-0.15, -0.1) is 0 Å². The lowest BCUT2D eigenvalue weighted by atomic mass is 10.0. The second-order valence-corrected chi connectivity index (χ2v) is 5.05. The highest BCUT2D eigenvalue weighted by Gasteiger charge is 2.19. The number of halogens is 2. The summed E-state index contributed by atoms with van der Waals surface area (Å²) in [5, 5.41) is 0. The summed E-state index contributed by atoms with van der Waals surface area (Å²) in [6.07, 6.45) is 0. The van der Waals surface area contributed by atoms with E-state index in [1.807, 2.05) is 32.0 Å². The van der Waals surface area contributed by atoms with Crippen LogP contribution in [0.2, 0.25) is 0 Å². The molecule has 21 heavy (non-hydrogen) atoms. The van der Waals surface area contributed by atoms with E-state index in [4.69, 9.17) is 5.73 Å². The smallest absolute Gasteiger partial charge is 0.159 e. The molecule has 0 aliphatic heterocycles. The van der Waals surface area contributed by atoms with E-state index < -0.39 is 11.6 Å². The summed E-state index contributed by atoms with van der Waals surface area (Å²) >= 11 is 0. The third-order valence-corrected chi connectivity index (χ3v) is 3.60. The quantitative estimate of drug-likeness (QED) is 0.907. The topological polar surface area (TPSA) is 29.3 Å². The summed E-state index contributed by atoms with van der Waals surface area (Å²) in [7, 11) is 0. The molecule has 0 bridgehead atoms. The van der Waals surface area contributed by atoms with E-state index in [0.717, 1.165) is 23.9 Å². The van der Waals surface area contributed by atoms with E-state index in [1.165, 1.54) is 6.07 Å². The van der Waals surface area contributed by atoms with Gasteiger partial charge < -0.3 is 10.6 Å². The Morgan fingerprint density at radius 2 is 1.86 bits per heavy atom. The molecule has 2 aromatic carbocycles. The number of hydrogen-bond donors (Lipinski definition) is 1. The van der Waals surface area contributed by atoms with Crippen molar-refractivity contribution in [3.63, 3.8) is 0 Å². The van der Waals surface area contributed by atoms with E-state index in [-0.39, 0.29) is 6.04 Å². The Labute approximate surface area is 124 Å². The zero-order valence-electron chi connectivity index (χ0n) is 12.3. The third-order valence-electron chi connectivity index (χ3n) is 3.60. The number of nitrogens with zero attached hydrogens (tertiary/aromatic N) is 1. The van der Waals surface area contributed by atoms with Crippen molar-refractivity contribution >= 4 is 5.69 Å². The van der Waals surface area contributed by atoms with E-state index in [2.05, 4.69) is 11.0 Å². The summed E-state index contributed by atoms with van der Waals surface area (Å²) in [6, 6.07) is 11.8. The molecule has 0 radical (unpaired) electrons. The summed E-state index contributed by atoms with van der Waals surface area (Å²) in [6.45, 7) is 5.09. The van der Waals surface area contributed by atoms with Gasteiger partial charge in [0.15, 0.2) is 11.6 Å². The predicted octanol–water partition coefficient (Wildman–Crippen LogP) is 3.80. The number of rotatable bonds is 5. The van der Waals surface area contributed by atoms with Crippen LogP contribution in [0.25, 0.3) is 0 Å². The van der Waals surface area contributed by atoms with E-state index in [9.17, 15) is 8.78 Å². The van der Waals surface area contributed by atoms with Gasteiger partial charge in [-0.1, -0.05) is 18.2 Å². The van der Waals surface area contributed by atoms with Crippen LogP contribution in [0.4, 0.5) is 14.5 Å². The molecule has 0 aliphatic carbocycles. The molecule has 2 nitrogen and oxygen atoms in total. The first kappa shape index (κ1) is 15.4. The zero-order chi connectivity index (χ0) is 15.4. The Bertz CT molecular complexity index is 613. The monoisotopic (exact) mass is 290 g/mol. The molecule has 0 aliphatic rings. The van der Waals surface area contributed by atoms with Crippen molar-refractivity contribution in [3.8, 4) is 0 Å². The van der Waals surface area contributed by atoms with Crippen molar-refractivity contribution in [3.05, 3.63) is 65.2 Å². The second-order valence-electron chi connectivity index (χ2n) is 5.05. The maximum absolute atomic E-state index is 13.5. The van der Waals surface area contributed by atoms with Gasteiger partial charge in [-0.25, -0.2) is 8.78 Å². The fourth-order valence-corrected chi connectivity index (χ4v) is 2.55. The van der Waals surface area contributed by atoms with Crippen molar-refractivity contribution in [2.45, 2.75) is 19.9 Å². The Kier molecular flexibility index (Phi) is 4.91. The number of nitrogens with two attached hydrogens (primary N) is 1. The fourth-order valence-electron chi connectivity index (χ4n) is 2.55. The van der Waals surface area contributed by atoms with Crippen molar-refractivity contribution in [1.82, 2.24) is 0 Å². The molecule has 2 rings (SSSR count). The maximum Gasteiger partial charge on any atom is 0.159 e. The van der Waals surface area contributed by atoms with Crippen LogP contribution in [-0.4, -0.2) is 13.1 Å². The number of anilines is 1. The highest BCUT2D eigenvalue weighted by atomic mass is 19.2. The Morgan fingerprint density at radius 1 is 1.10 bits per heavy atom. The minimum atomic E-state index is -0.841. The molecule has 0 saturated carbocycles. The molecule has 0 saturated heterocycles. The van der Waals surface area contributed by atoms with E-state index in [1.54, 1.807) is 6.07 Å². The molecule has 1 atom stereocenters. The van der Waals surface area contributed by atoms with Crippen LogP contribution < -0.4 is 10.6 Å². The molecule has 0 fully saturated rings. The van der Waals surface area contributed by atoms with Crippen LogP contribution in [0, 0.1) is 18.6 Å². The predicted molar refractivity (Wildman–Crippen MR) is 82.4 cm³/mol. The number of likely N-dealkylation sites (N-methyl/N-ethyl adjacent to an activating group) is 1. The van der Waals surface area contributed by atoms with Gasteiger partial charge >= 0.3 is 0 Å². The zero-order valence-corrected chi connectivity index (χ0v) is 12.3. The average Bonchev–Trinajstić information content (AvgIpc) is 2.47. The molecule has 2 N–H and O–H groups in total. The van der Waals surface area contributed by atoms with Crippen LogP contribution in [0.3, 0.4) is 0 Å². The lowest BCUT2D eigenvalue weighted by Crippen LogP contribution is -2.33. The van der Waals surface area contributed by atoms with Crippen molar-refractivity contribution in [2.75, 3.05) is 18.0 Å². The SMILES string of the molecule is CCN(c1cccc(C)c1)C(CN)c1ccc(F)c(F)c1. The van der Waals surface area contributed by atoms with E-state index in [0.29, 0.717) is 12.1 Å². The molecular weight excluding hydrogens is 270 g/mol. The molecule has 0 aromatic heterocycles. The van der Waals surface area contributed by atoms with Gasteiger partial charge in [-0.05, 0) is 49.2 Å². The molecule has 4 heteroatoms. The van der Waals surface area contributed by atoms with Crippen LogP contribution in [0.15, 0.2) is 42.5 Å². The van der Waals surface area contributed by atoms with Crippen molar-refractivity contribution < 1.29 is 8.78 Å². The van der Waals surface area contributed by atoms with Crippen LogP contribution in [-0.2, 0) is 0 Å². The van der Waals surface area contributed by atoms with Crippen LogP contribution >= 0.6 is 0 Å². The number of benzene rings is 2. The fraction of sp³-hybridized carbons (Fsp3) is 0.294. The largest absolute Gasteiger partial charge is 0.363 e. The van der Waals surface area contributed by atoms with Crippen molar-refractivity contribution in [1.29, 1.82) is 0 Å². The Hall–Kier alpha value is -1.94. The summed E-state index contributed by atoms with van der Waals surface area (Å²) in [4.78, 5) is 2.10. The Morgan fingerprint density at radius 3 is 2.43 bits per heavy atom.